The normalized spacial score (nSPS) is 17.5. The maximum atomic E-state index is 13.1. The van der Waals surface area contributed by atoms with Gasteiger partial charge in [-0.05, 0) is 62.0 Å². The van der Waals surface area contributed by atoms with Gasteiger partial charge in [-0.2, -0.15) is 0 Å². The Balaban J connectivity index is 1.62. The molecule has 1 saturated heterocycles. The van der Waals surface area contributed by atoms with E-state index >= 15 is 0 Å². The van der Waals surface area contributed by atoms with E-state index in [1.807, 2.05) is 6.92 Å². The fraction of sp³-hybridized carbons (Fsp3) is 0.476. The van der Waals surface area contributed by atoms with Crippen LogP contribution in [0.3, 0.4) is 0 Å². The minimum atomic E-state index is -0.726. The minimum absolute atomic E-state index is 0.292. The molecule has 0 amide bonds. The summed E-state index contributed by atoms with van der Waals surface area (Å²) < 4.78 is 13.1. The lowest BCUT2D eigenvalue weighted by Crippen LogP contribution is -2.40. The Morgan fingerprint density at radius 3 is 2.61 bits per heavy atom. The van der Waals surface area contributed by atoms with Crippen molar-refractivity contribution in [1.29, 1.82) is 0 Å². The summed E-state index contributed by atoms with van der Waals surface area (Å²) in [5, 5.41) is 18.9. The van der Waals surface area contributed by atoms with Crippen LogP contribution in [0.15, 0.2) is 46.8 Å². The summed E-state index contributed by atoms with van der Waals surface area (Å²) in [5.41, 5.74) is 0.679. The highest BCUT2D eigenvalue weighted by atomic mass is 32.1. The van der Waals surface area contributed by atoms with Crippen LogP contribution in [-0.2, 0) is 0 Å². The van der Waals surface area contributed by atoms with E-state index in [9.17, 15) is 9.50 Å². The Hall–Kier alpha value is -1.96. The predicted molar refractivity (Wildman–Crippen MR) is 113 cm³/mol. The Bertz CT molecular complexity index is 729. The van der Waals surface area contributed by atoms with Gasteiger partial charge in [0.15, 0.2) is 5.96 Å². The van der Waals surface area contributed by atoms with E-state index in [-0.39, 0.29) is 5.82 Å². The van der Waals surface area contributed by atoms with Gasteiger partial charge in [-0.1, -0.05) is 18.2 Å². The van der Waals surface area contributed by atoms with E-state index in [4.69, 9.17) is 4.99 Å². The summed E-state index contributed by atoms with van der Waals surface area (Å²) in [7, 11) is 0. The van der Waals surface area contributed by atoms with Crippen molar-refractivity contribution >= 4 is 17.3 Å². The highest BCUT2D eigenvalue weighted by Crippen LogP contribution is 2.28. The van der Waals surface area contributed by atoms with Crippen LogP contribution in [0, 0.1) is 5.82 Å². The number of aliphatic hydroxyl groups excluding tert-OH is 1. The Labute approximate surface area is 170 Å². The Kier molecular flexibility index (Phi) is 7.82. The SMILES string of the molecule is CCNC(=NCC(c1cccs1)N1CCCC1)NCC(O)c1ccc(F)cc1. The van der Waals surface area contributed by atoms with Crippen molar-refractivity contribution in [3.8, 4) is 0 Å². The molecule has 3 rings (SSSR count). The number of aliphatic hydroxyl groups is 1. The van der Waals surface area contributed by atoms with E-state index in [0.29, 0.717) is 30.7 Å². The average molecular weight is 405 g/mol. The van der Waals surface area contributed by atoms with E-state index in [1.54, 1.807) is 23.5 Å². The molecule has 2 heterocycles. The molecule has 1 aromatic heterocycles. The fourth-order valence-corrected chi connectivity index (χ4v) is 4.29. The van der Waals surface area contributed by atoms with Crippen molar-refractivity contribution in [2.45, 2.75) is 31.9 Å². The fourth-order valence-electron chi connectivity index (χ4n) is 3.44. The second-order valence-corrected chi connectivity index (χ2v) is 7.92. The first-order chi connectivity index (χ1) is 13.7. The first-order valence-electron chi connectivity index (χ1n) is 9.90. The minimum Gasteiger partial charge on any atom is -0.387 e. The molecular weight excluding hydrogens is 375 g/mol. The predicted octanol–water partition coefficient (Wildman–Crippen LogP) is 3.31. The standard InChI is InChI=1S/C21H29FN4OS/c1-2-23-21(25-15-19(27)16-7-9-17(22)10-8-16)24-14-18(20-6-5-13-28-20)26-11-3-4-12-26/h5-10,13,18-19,27H,2-4,11-12,14-15H2,1H3,(H2,23,24,25). The molecule has 2 aromatic rings. The van der Waals surface area contributed by atoms with Gasteiger partial charge in [-0.15, -0.1) is 11.3 Å². The van der Waals surface area contributed by atoms with Gasteiger partial charge in [0, 0.05) is 18.0 Å². The first kappa shape index (κ1) is 20.8. The van der Waals surface area contributed by atoms with E-state index < -0.39 is 6.10 Å². The van der Waals surface area contributed by atoms with Crippen LogP contribution in [0.2, 0.25) is 0 Å². The van der Waals surface area contributed by atoms with E-state index in [2.05, 4.69) is 33.0 Å². The molecule has 0 spiro atoms. The lowest BCUT2D eigenvalue weighted by atomic mass is 10.1. The number of hydrogen-bond donors (Lipinski definition) is 3. The van der Waals surface area contributed by atoms with Gasteiger partial charge in [0.1, 0.15) is 5.82 Å². The number of halogens is 1. The first-order valence-corrected chi connectivity index (χ1v) is 10.8. The molecule has 28 heavy (non-hydrogen) atoms. The van der Waals surface area contributed by atoms with Gasteiger partial charge in [-0.3, -0.25) is 9.89 Å². The molecule has 0 bridgehead atoms. The number of nitrogens with one attached hydrogen (secondary N) is 2. The number of thiophene rings is 1. The zero-order valence-corrected chi connectivity index (χ0v) is 17.1. The molecule has 2 unspecified atom stereocenters. The van der Waals surface area contributed by atoms with E-state index in [1.165, 1.54) is 29.9 Å². The third-order valence-corrected chi connectivity index (χ3v) is 5.91. The van der Waals surface area contributed by atoms with Gasteiger partial charge in [-0.25, -0.2) is 4.39 Å². The lowest BCUT2D eigenvalue weighted by molar-refractivity contribution is 0.180. The number of nitrogens with zero attached hydrogens (tertiary/aromatic N) is 2. The summed E-state index contributed by atoms with van der Waals surface area (Å²) in [5.74, 6) is 0.379. The van der Waals surface area contributed by atoms with Gasteiger partial charge in [0.25, 0.3) is 0 Å². The molecule has 3 N–H and O–H groups in total. The van der Waals surface area contributed by atoms with Gasteiger partial charge in [0.05, 0.1) is 18.7 Å². The molecule has 7 heteroatoms. The van der Waals surface area contributed by atoms with Crippen LogP contribution in [0.25, 0.3) is 0 Å². The second kappa shape index (κ2) is 10.5. The zero-order chi connectivity index (χ0) is 19.8. The summed E-state index contributed by atoms with van der Waals surface area (Å²) in [6, 6.07) is 10.5. The van der Waals surface area contributed by atoms with Gasteiger partial charge < -0.3 is 15.7 Å². The lowest BCUT2D eigenvalue weighted by Gasteiger charge is -2.25. The third kappa shape index (κ3) is 5.77. The van der Waals surface area contributed by atoms with Crippen LogP contribution < -0.4 is 10.6 Å². The van der Waals surface area contributed by atoms with Crippen molar-refractivity contribution < 1.29 is 9.50 Å². The number of rotatable bonds is 8. The number of aliphatic imine (C=N–C) groups is 1. The van der Waals surface area contributed by atoms with E-state index in [0.717, 1.165) is 19.6 Å². The summed E-state index contributed by atoms with van der Waals surface area (Å²) >= 11 is 1.78. The molecule has 152 valence electrons. The molecule has 0 aliphatic carbocycles. The van der Waals surface area contributed by atoms with Crippen molar-refractivity contribution in [3.63, 3.8) is 0 Å². The summed E-state index contributed by atoms with van der Waals surface area (Å²) in [6.45, 7) is 5.97. The Morgan fingerprint density at radius 1 is 1.21 bits per heavy atom. The number of guanidine groups is 1. The maximum Gasteiger partial charge on any atom is 0.191 e. The third-order valence-electron chi connectivity index (χ3n) is 4.94. The van der Waals surface area contributed by atoms with Crippen molar-refractivity contribution in [2.24, 2.45) is 4.99 Å². The van der Waals surface area contributed by atoms with Crippen LogP contribution >= 0.6 is 11.3 Å². The van der Waals surface area contributed by atoms with Crippen molar-refractivity contribution in [3.05, 3.63) is 58.0 Å². The molecule has 1 fully saturated rings. The highest BCUT2D eigenvalue weighted by molar-refractivity contribution is 7.10. The number of likely N-dealkylation sites (tertiary alicyclic amines) is 1. The largest absolute Gasteiger partial charge is 0.387 e. The van der Waals surface area contributed by atoms with Crippen LogP contribution in [-0.4, -0.2) is 48.7 Å². The maximum absolute atomic E-state index is 13.1. The highest BCUT2D eigenvalue weighted by Gasteiger charge is 2.24. The van der Waals surface area contributed by atoms with Gasteiger partial charge in [0.2, 0.25) is 0 Å². The molecule has 5 nitrogen and oxygen atoms in total. The second-order valence-electron chi connectivity index (χ2n) is 6.94. The molecule has 1 aliphatic heterocycles. The van der Waals surface area contributed by atoms with Crippen molar-refractivity contribution in [2.75, 3.05) is 32.7 Å². The smallest absolute Gasteiger partial charge is 0.191 e. The Morgan fingerprint density at radius 2 is 1.96 bits per heavy atom. The summed E-state index contributed by atoms with van der Waals surface area (Å²) in [6.07, 6.45) is 1.76. The molecule has 0 radical (unpaired) electrons. The molecule has 1 aliphatic rings. The molecule has 1 aromatic carbocycles. The molecule has 2 atom stereocenters. The van der Waals surface area contributed by atoms with Crippen LogP contribution in [0.1, 0.15) is 42.4 Å². The average Bonchev–Trinajstić information content (AvgIpc) is 3.41. The quantitative estimate of drug-likeness (QED) is 0.467. The van der Waals surface area contributed by atoms with Crippen molar-refractivity contribution in [1.82, 2.24) is 15.5 Å². The number of hydrogen-bond acceptors (Lipinski definition) is 4. The zero-order valence-electron chi connectivity index (χ0n) is 16.3. The topological polar surface area (TPSA) is 59.9 Å². The monoisotopic (exact) mass is 404 g/mol. The van der Waals surface area contributed by atoms with Crippen LogP contribution in [0.5, 0.6) is 0 Å². The van der Waals surface area contributed by atoms with Crippen LogP contribution in [0.4, 0.5) is 4.39 Å². The molecule has 0 saturated carbocycles. The van der Waals surface area contributed by atoms with Gasteiger partial charge >= 0.3 is 0 Å². The number of benzene rings is 1. The molecular formula is C21H29FN4OS. The summed E-state index contributed by atoms with van der Waals surface area (Å²) in [4.78, 5) is 8.63.